The summed E-state index contributed by atoms with van der Waals surface area (Å²) in [6.45, 7) is 0. The first-order chi connectivity index (χ1) is 8.72. The second-order valence-corrected chi connectivity index (χ2v) is 6.19. The number of thiazole rings is 1. The minimum absolute atomic E-state index is 0.0722. The highest BCUT2D eigenvalue weighted by molar-refractivity contribution is 8.01. The van der Waals surface area contributed by atoms with Gasteiger partial charge in [-0.05, 0) is 35.5 Å². The number of benzene rings is 1. The van der Waals surface area contributed by atoms with E-state index in [9.17, 15) is 0 Å². The molecule has 0 saturated heterocycles. The summed E-state index contributed by atoms with van der Waals surface area (Å²) < 4.78 is 1.96. The summed E-state index contributed by atoms with van der Waals surface area (Å²) in [5.41, 5.74) is 0.953. The van der Waals surface area contributed by atoms with E-state index in [-0.39, 0.29) is 10.4 Å². The Kier molecular flexibility index (Phi) is 3.34. The Morgan fingerprint density at radius 2 is 1.89 bits per heavy atom. The highest BCUT2D eigenvalue weighted by atomic mass is 35.5. The molecule has 0 atom stereocenters. The molecule has 4 nitrogen and oxygen atoms in total. The van der Waals surface area contributed by atoms with Crippen LogP contribution in [0.2, 0.25) is 10.4 Å². The van der Waals surface area contributed by atoms with E-state index in [0.717, 1.165) is 14.6 Å². The molecule has 3 aromatic rings. The molecule has 0 N–H and O–H groups in total. The minimum atomic E-state index is 0.0722. The average molecular weight is 315 g/mol. The summed E-state index contributed by atoms with van der Waals surface area (Å²) in [4.78, 5) is 8.50. The third-order valence-electron chi connectivity index (χ3n) is 2.05. The lowest BCUT2D eigenvalue weighted by atomic mass is 10.3. The number of para-hydroxylation sites is 1. The van der Waals surface area contributed by atoms with Crippen LogP contribution in [0.15, 0.2) is 33.6 Å². The Hall–Kier alpha value is -0.950. The van der Waals surface area contributed by atoms with Gasteiger partial charge in [0.2, 0.25) is 5.28 Å². The normalized spacial score (nSPS) is 11.0. The summed E-state index contributed by atoms with van der Waals surface area (Å²) in [6.07, 6.45) is 0. The molecule has 0 aliphatic carbocycles. The van der Waals surface area contributed by atoms with Crippen LogP contribution in [0.4, 0.5) is 0 Å². The van der Waals surface area contributed by atoms with Gasteiger partial charge in [0.25, 0.3) is 0 Å². The maximum absolute atomic E-state index is 5.91. The molecule has 0 amide bonds. The van der Waals surface area contributed by atoms with Crippen molar-refractivity contribution < 1.29 is 0 Å². The summed E-state index contributed by atoms with van der Waals surface area (Å²) in [5.74, 6) is 0. The van der Waals surface area contributed by atoms with Crippen molar-refractivity contribution in [2.24, 2.45) is 0 Å². The molecule has 0 radical (unpaired) electrons. The van der Waals surface area contributed by atoms with Gasteiger partial charge in [0.15, 0.2) is 9.49 Å². The van der Waals surface area contributed by atoms with Crippen molar-refractivity contribution in [1.82, 2.24) is 20.2 Å². The predicted octanol–water partition coefficient (Wildman–Crippen LogP) is 3.94. The van der Waals surface area contributed by atoms with E-state index >= 15 is 0 Å². The van der Waals surface area contributed by atoms with Gasteiger partial charge in [-0.2, -0.15) is 0 Å². The van der Waals surface area contributed by atoms with Crippen LogP contribution >= 0.6 is 46.3 Å². The first-order valence-corrected chi connectivity index (χ1v) is 7.20. The molecule has 2 heterocycles. The molecule has 0 spiro atoms. The second-order valence-electron chi connectivity index (χ2n) is 3.23. The van der Waals surface area contributed by atoms with E-state index < -0.39 is 0 Å². The van der Waals surface area contributed by atoms with E-state index in [4.69, 9.17) is 23.2 Å². The third kappa shape index (κ3) is 2.42. The number of hydrogen-bond donors (Lipinski definition) is 0. The van der Waals surface area contributed by atoms with Gasteiger partial charge < -0.3 is 0 Å². The van der Waals surface area contributed by atoms with Gasteiger partial charge in [0.1, 0.15) is 5.03 Å². The van der Waals surface area contributed by atoms with E-state index in [1.807, 2.05) is 24.3 Å². The number of nitrogens with zero attached hydrogens (tertiary/aromatic N) is 4. The Morgan fingerprint density at radius 3 is 2.72 bits per heavy atom. The molecule has 0 aliphatic rings. The standard InChI is InChI=1S/C10H4Cl2N4S2/c11-7-8(14-9(12)16-15-7)18-10-13-5-3-1-2-4-6(5)17-10/h1-4H. The SMILES string of the molecule is Clc1nnc(Cl)c(Sc2nc3ccccc3s2)n1. The summed E-state index contributed by atoms with van der Waals surface area (Å²) in [5, 5.41) is 8.08. The fourth-order valence-electron chi connectivity index (χ4n) is 1.32. The number of halogens is 2. The summed E-state index contributed by atoms with van der Waals surface area (Å²) in [7, 11) is 0. The Balaban J connectivity index is 1.98. The maximum Gasteiger partial charge on any atom is 0.244 e. The molecule has 3 rings (SSSR count). The molecule has 90 valence electrons. The number of hydrogen-bond acceptors (Lipinski definition) is 6. The molecule has 0 fully saturated rings. The lowest BCUT2D eigenvalue weighted by Gasteiger charge is -1.97. The Bertz CT molecular complexity index is 683. The van der Waals surface area contributed by atoms with Crippen molar-refractivity contribution in [3.8, 4) is 0 Å². The highest BCUT2D eigenvalue weighted by Crippen LogP contribution is 2.35. The molecule has 2 aromatic heterocycles. The highest BCUT2D eigenvalue weighted by Gasteiger charge is 2.11. The van der Waals surface area contributed by atoms with Crippen LogP contribution in [-0.2, 0) is 0 Å². The first kappa shape index (κ1) is 12.1. The van der Waals surface area contributed by atoms with Crippen LogP contribution in [0.5, 0.6) is 0 Å². The van der Waals surface area contributed by atoms with E-state index in [2.05, 4.69) is 20.2 Å². The van der Waals surface area contributed by atoms with Crippen LogP contribution in [0.3, 0.4) is 0 Å². The van der Waals surface area contributed by atoms with Crippen molar-refractivity contribution in [2.75, 3.05) is 0 Å². The topological polar surface area (TPSA) is 51.6 Å². The summed E-state index contributed by atoms with van der Waals surface area (Å²) >= 11 is 14.5. The van der Waals surface area contributed by atoms with E-state index in [1.165, 1.54) is 11.8 Å². The van der Waals surface area contributed by atoms with E-state index in [1.54, 1.807) is 11.3 Å². The van der Waals surface area contributed by atoms with Crippen molar-refractivity contribution in [3.05, 3.63) is 34.7 Å². The molecule has 18 heavy (non-hydrogen) atoms. The molecule has 8 heteroatoms. The van der Waals surface area contributed by atoms with Gasteiger partial charge in [-0.25, -0.2) is 9.97 Å². The molecular formula is C10H4Cl2N4S2. The summed E-state index contributed by atoms with van der Waals surface area (Å²) in [6, 6.07) is 7.91. The van der Waals surface area contributed by atoms with Crippen LogP contribution < -0.4 is 0 Å². The van der Waals surface area contributed by atoms with Gasteiger partial charge in [0.05, 0.1) is 10.2 Å². The second kappa shape index (κ2) is 4.97. The van der Waals surface area contributed by atoms with Gasteiger partial charge in [-0.1, -0.05) is 23.7 Å². The number of fused-ring (bicyclic) bond motifs is 1. The van der Waals surface area contributed by atoms with Crippen molar-refractivity contribution in [3.63, 3.8) is 0 Å². The molecule has 0 unspecified atom stereocenters. The third-order valence-corrected chi connectivity index (χ3v) is 4.65. The predicted molar refractivity (Wildman–Crippen MR) is 73.6 cm³/mol. The quantitative estimate of drug-likeness (QED) is 0.717. The Labute approximate surface area is 120 Å². The van der Waals surface area contributed by atoms with Gasteiger partial charge in [0, 0.05) is 0 Å². The Morgan fingerprint density at radius 1 is 1.06 bits per heavy atom. The zero-order valence-electron chi connectivity index (χ0n) is 8.67. The van der Waals surface area contributed by atoms with Crippen LogP contribution in [-0.4, -0.2) is 20.2 Å². The zero-order valence-corrected chi connectivity index (χ0v) is 11.8. The van der Waals surface area contributed by atoms with Crippen LogP contribution in [0.1, 0.15) is 0 Å². The molecule has 1 aromatic carbocycles. The van der Waals surface area contributed by atoms with Crippen LogP contribution in [0.25, 0.3) is 10.2 Å². The molecular weight excluding hydrogens is 311 g/mol. The number of aromatic nitrogens is 4. The lowest BCUT2D eigenvalue weighted by Crippen LogP contribution is -1.91. The van der Waals surface area contributed by atoms with Crippen LogP contribution in [0, 0.1) is 0 Å². The fourth-order valence-corrected chi connectivity index (χ4v) is 3.63. The number of rotatable bonds is 2. The minimum Gasteiger partial charge on any atom is -0.229 e. The largest absolute Gasteiger partial charge is 0.244 e. The molecule has 0 saturated carbocycles. The molecule has 0 bridgehead atoms. The van der Waals surface area contributed by atoms with Gasteiger partial charge in [-0.3, -0.25) is 0 Å². The molecule has 0 aliphatic heterocycles. The smallest absolute Gasteiger partial charge is 0.229 e. The first-order valence-electron chi connectivity index (χ1n) is 4.81. The lowest BCUT2D eigenvalue weighted by molar-refractivity contribution is 0.904. The van der Waals surface area contributed by atoms with Crippen molar-refractivity contribution in [1.29, 1.82) is 0 Å². The van der Waals surface area contributed by atoms with Crippen molar-refractivity contribution >= 4 is 56.5 Å². The maximum atomic E-state index is 5.91. The van der Waals surface area contributed by atoms with Gasteiger partial charge >= 0.3 is 0 Å². The zero-order chi connectivity index (χ0) is 12.5. The monoisotopic (exact) mass is 314 g/mol. The van der Waals surface area contributed by atoms with E-state index in [0.29, 0.717) is 5.03 Å². The van der Waals surface area contributed by atoms with Crippen molar-refractivity contribution in [2.45, 2.75) is 9.37 Å². The average Bonchev–Trinajstić information content (AvgIpc) is 2.76. The van der Waals surface area contributed by atoms with Gasteiger partial charge in [-0.15, -0.1) is 21.5 Å². The fraction of sp³-hybridized carbons (Fsp3) is 0.